The molecule has 1 N–H and O–H groups in total. The molecule has 0 aromatic carbocycles. The molecule has 78 valence electrons. The molecule has 1 atom stereocenters. The summed E-state index contributed by atoms with van der Waals surface area (Å²) in [5, 5.41) is 10.8. The van der Waals surface area contributed by atoms with Crippen molar-refractivity contribution in [1.29, 1.82) is 0 Å². The van der Waals surface area contributed by atoms with Crippen LogP contribution in [0, 0.1) is 0 Å². The highest BCUT2D eigenvalue weighted by molar-refractivity contribution is 5.73. The number of carbonyl (C=O) groups is 1. The second-order valence-electron chi connectivity index (χ2n) is 3.41. The molecule has 0 aliphatic carbocycles. The highest BCUT2D eigenvalue weighted by Crippen LogP contribution is 2.11. The lowest BCUT2D eigenvalue weighted by Gasteiger charge is -2.09. The predicted molar refractivity (Wildman–Crippen MR) is 55.2 cm³/mol. The van der Waals surface area contributed by atoms with Crippen molar-refractivity contribution >= 4 is 11.6 Å². The molecule has 2 rings (SSSR count). The number of fused-ring (bicyclic) bond motifs is 1. The zero-order valence-corrected chi connectivity index (χ0v) is 8.64. The number of nitrogens with zero attached hydrogens (tertiary/aromatic N) is 3. The number of carbonyl (C=O) groups excluding carboxylic acids is 1. The third-order valence-corrected chi connectivity index (χ3v) is 2.15. The minimum atomic E-state index is -0.139. The van der Waals surface area contributed by atoms with E-state index in [4.69, 9.17) is 0 Å². The second-order valence-corrected chi connectivity index (χ2v) is 3.41. The molecule has 1 amide bonds. The number of hydrogen-bond acceptors (Lipinski definition) is 3. The Labute approximate surface area is 87.1 Å². The number of nitrogens with one attached hydrogen (secondary N) is 1. The Morgan fingerprint density at radius 2 is 2.27 bits per heavy atom. The molecule has 2 aromatic rings. The molecule has 0 bridgehead atoms. The SMILES string of the molecule is CC(=O)N[C@@H](C)c1nnc2ccccn12. The number of amides is 1. The Balaban J connectivity index is 2.39. The minimum Gasteiger partial charge on any atom is -0.347 e. The maximum Gasteiger partial charge on any atom is 0.217 e. The molecule has 0 radical (unpaired) electrons. The summed E-state index contributed by atoms with van der Waals surface area (Å²) in [6.45, 7) is 3.37. The lowest BCUT2D eigenvalue weighted by Crippen LogP contribution is -2.25. The smallest absolute Gasteiger partial charge is 0.217 e. The van der Waals surface area contributed by atoms with E-state index in [1.807, 2.05) is 35.7 Å². The summed E-state index contributed by atoms with van der Waals surface area (Å²) in [5.74, 6) is 0.663. The molecule has 0 saturated carbocycles. The van der Waals surface area contributed by atoms with Crippen molar-refractivity contribution < 1.29 is 4.79 Å². The molecular weight excluding hydrogens is 192 g/mol. The van der Waals surface area contributed by atoms with Gasteiger partial charge in [-0.2, -0.15) is 0 Å². The van der Waals surface area contributed by atoms with Crippen LogP contribution in [0.25, 0.3) is 5.65 Å². The number of aromatic nitrogens is 3. The summed E-state index contributed by atoms with van der Waals surface area (Å²) in [6, 6.07) is 5.54. The Morgan fingerprint density at radius 1 is 1.47 bits per heavy atom. The maximum absolute atomic E-state index is 10.9. The van der Waals surface area contributed by atoms with Gasteiger partial charge in [0.25, 0.3) is 0 Å². The molecule has 2 heterocycles. The van der Waals surface area contributed by atoms with Gasteiger partial charge in [-0.3, -0.25) is 9.20 Å². The van der Waals surface area contributed by atoms with Gasteiger partial charge < -0.3 is 5.32 Å². The molecule has 0 saturated heterocycles. The Kier molecular flexibility index (Phi) is 2.37. The average Bonchev–Trinajstić information content (AvgIpc) is 2.59. The summed E-state index contributed by atoms with van der Waals surface area (Å²) < 4.78 is 1.86. The lowest BCUT2D eigenvalue weighted by atomic mass is 10.3. The summed E-state index contributed by atoms with van der Waals surface area (Å²) in [6.07, 6.45) is 1.88. The average molecular weight is 204 g/mol. The predicted octanol–water partition coefficient (Wildman–Crippen LogP) is 0.926. The van der Waals surface area contributed by atoms with Gasteiger partial charge in [0, 0.05) is 13.1 Å². The fourth-order valence-corrected chi connectivity index (χ4v) is 1.52. The standard InChI is InChI=1S/C10H12N4O/c1-7(11-8(2)15)10-13-12-9-5-3-4-6-14(9)10/h3-7H,1-2H3,(H,11,15)/t7-/m0/s1. The summed E-state index contributed by atoms with van der Waals surface area (Å²) in [7, 11) is 0. The van der Waals surface area contributed by atoms with Gasteiger partial charge >= 0.3 is 0 Å². The monoisotopic (exact) mass is 204 g/mol. The van der Waals surface area contributed by atoms with E-state index in [9.17, 15) is 4.79 Å². The van der Waals surface area contributed by atoms with E-state index in [0.717, 1.165) is 11.5 Å². The Morgan fingerprint density at radius 3 is 3.00 bits per heavy atom. The van der Waals surface area contributed by atoms with Gasteiger partial charge in [0.2, 0.25) is 5.91 Å². The molecule has 15 heavy (non-hydrogen) atoms. The Hall–Kier alpha value is -1.91. The van der Waals surface area contributed by atoms with Crippen molar-refractivity contribution in [3.8, 4) is 0 Å². The summed E-state index contributed by atoms with van der Waals surface area (Å²) in [5.41, 5.74) is 0.782. The van der Waals surface area contributed by atoms with Crippen LogP contribution < -0.4 is 5.32 Å². The van der Waals surface area contributed by atoms with E-state index < -0.39 is 0 Å². The molecule has 2 aromatic heterocycles. The first-order valence-electron chi connectivity index (χ1n) is 4.75. The molecule has 0 unspecified atom stereocenters. The third-order valence-electron chi connectivity index (χ3n) is 2.15. The molecule has 0 spiro atoms. The van der Waals surface area contributed by atoms with Crippen molar-refractivity contribution in [3.05, 3.63) is 30.2 Å². The van der Waals surface area contributed by atoms with Crippen LogP contribution in [-0.4, -0.2) is 20.5 Å². The molecule has 5 heteroatoms. The normalized spacial score (nSPS) is 12.7. The molecule has 0 fully saturated rings. The topological polar surface area (TPSA) is 59.3 Å². The molecule has 5 nitrogen and oxygen atoms in total. The van der Waals surface area contributed by atoms with Crippen molar-refractivity contribution in [1.82, 2.24) is 19.9 Å². The quantitative estimate of drug-likeness (QED) is 0.791. The van der Waals surface area contributed by atoms with Crippen LogP contribution in [0.4, 0.5) is 0 Å². The van der Waals surface area contributed by atoms with Crippen LogP contribution >= 0.6 is 0 Å². The number of hydrogen-bond donors (Lipinski definition) is 1. The van der Waals surface area contributed by atoms with Gasteiger partial charge in [0.1, 0.15) is 0 Å². The minimum absolute atomic E-state index is 0.0739. The Bertz CT molecular complexity index is 491. The number of pyridine rings is 1. The largest absolute Gasteiger partial charge is 0.347 e. The number of rotatable bonds is 2. The highest BCUT2D eigenvalue weighted by atomic mass is 16.1. The first-order chi connectivity index (χ1) is 7.18. The van der Waals surface area contributed by atoms with Gasteiger partial charge in [0.05, 0.1) is 6.04 Å². The first-order valence-corrected chi connectivity index (χ1v) is 4.75. The summed E-state index contributed by atoms with van der Waals surface area (Å²) >= 11 is 0. The molecule has 0 aliphatic heterocycles. The zero-order chi connectivity index (χ0) is 10.8. The first kappa shape index (κ1) is 9.64. The van der Waals surface area contributed by atoms with Crippen LogP contribution in [0.2, 0.25) is 0 Å². The van der Waals surface area contributed by atoms with E-state index in [2.05, 4.69) is 15.5 Å². The van der Waals surface area contributed by atoms with E-state index in [1.165, 1.54) is 6.92 Å². The molecule has 0 aliphatic rings. The van der Waals surface area contributed by atoms with E-state index >= 15 is 0 Å². The van der Waals surface area contributed by atoms with Gasteiger partial charge in [-0.25, -0.2) is 0 Å². The van der Waals surface area contributed by atoms with Crippen LogP contribution in [0.5, 0.6) is 0 Å². The van der Waals surface area contributed by atoms with Crippen molar-refractivity contribution in [2.75, 3.05) is 0 Å². The van der Waals surface area contributed by atoms with Crippen LogP contribution in [-0.2, 0) is 4.79 Å². The van der Waals surface area contributed by atoms with Crippen molar-refractivity contribution in [2.24, 2.45) is 0 Å². The van der Waals surface area contributed by atoms with Gasteiger partial charge in [0.15, 0.2) is 11.5 Å². The van der Waals surface area contributed by atoms with Gasteiger partial charge in [-0.15, -0.1) is 10.2 Å². The van der Waals surface area contributed by atoms with Crippen LogP contribution in [0.3, 0.4) is 0 Å². The second kappa shape index (κ2) is 3.68. The van der Waals surface area contributed by atoms with Crippen LogP contribution in [0.15, 0.2) is 24.4 Å². The lowest BCUT2D eigenvalue weighted by molar-refractivity contribution is -0.119. The highest BCUT2D eigenvalue weighted by Gasteiger charge is 2.13. The molecular formula is C10H12N4O. The van der Waals surface area contributed by atoms with Gasteiger partial charge in [-0.05, 0) is 19.1 Å². The van der Waals surface area contributed by atoms with E-state index in [1.54, 1.807) is 0 Å². The fourth-order valence-electron chi connectivity index (χ4n) is 1.52. The van der Waals surface area contributed by atoms with E-state index in [-0.39, 0.29) is 11.9 Å². The zero-order valence-electron chi connectivity index (χ0n) is 8.64. The van der Waals surface area contributed by atoms with Crippen molar-refractivity contribution in [3.63, 3.8) is 0 Å². The third kappa shape index (κ3) is 1.81. The fraction of sp³-hybridized carbons (Fsp3) is 0.300. The summed E-state index contributed by atoms with van der Waals surface area (Å²) in [4.78, 5) is 10.9. The van der Waals surface area contributed by atoms with Gasteiger partial charge in [-0.1, -0.05) is 6.07 Å². The van der Waals surface area contributed by atoms with E-state index in [0.29, 0.717) is 0 Å². The maximum atomic E-state index is 10.9. The van der Waals surface area contributed by atoms with Crippen LogP contribution in [0.1, 0.15) is 25.7 Å². The van der Waals surface area contributed by atoms with Crippen molar-refractivity contribution in [2.45, 2.75) is 19.9 Å².